The lowest BCUT2D eigenvalue weighted by atomic mass is 10.1. The van der Waals surface area contributed by atoms with Gasteiger partial charge in [0.15, 0.2) is 0 Å². The van der Waals surface area contributed by atoms with Gasteiger partial charge in [-0.3, -0.25) is 4.79 Å². The molecule has 1 amide bonds. The van der Waals surface area contributed by atoms with Gasteiger partial charge in [0.25, 0.3) is 5.91 Å². The third kappa shape index (κ3) is 5.28. The molecule has 0 atom stereocenters. The standard InChI is InChI=1S/C22H20Cl2N2O2/c23-19-7-6-17(21(24)13-19)15-28-20-8-4-16(5-9-20)12-18(14-25)22(27)26-10-2-1-3-11-26/h4-9,12-13H,1-3,10-11,15H2/b18-12+. The second kappa shape index (κ2) is 9.64. The second-order valence-corrected chi connectivity index (χ2v) is 7.46. The van der Waals surface area contributed by atoms with Crippen molar-refractivity contribution in [3.63, 3.8) is 0 Å². The van der Waals surface area contributed by atoms with Crippen molar-refractivity contribution >= 4 is 35.2 Å². The molecule has 4 nitrogen and oxygen atoms in total. The van der Waals surface area contributed by atoms with E-state index in [1.807, 2.05) is 24.3 Å². The van der Waals surface area contributed by atoms with E-state index >= 15 is 0 Å². The Bertz CT molecular complexity index is 911. The zero-order chi connectivity index (χ0) is 19.9. The number of carbonyl (C=O) groups is 1. The molecule has 3 rings (SSSR count). The number of amides is 1. The Kier molecular flexibility index (Phi) is 6.97. The molecule has 2 aromatic carbocycles. The van der Waals surface area contributed by atoms with Crippen molar-refractivity contribution in [2.24, 2.45) is 0 Å². The molecule has 144 valence electrons. The fourth-order valence-corrected chi connectivity index (χ4v) is 3.50. The Morgan fingerprint density at radius 1 is 1.11 bits per heavy atom. The lowest BCUT2D eigenvalue weighted by Gasteiger charge is -2.26. The minimum Gasteiger partial charge on any atom is -0.489 e. The summed E-state index contributed by atoms with van der Waals surface area (Å²) in [5.41, 5.74) is 1.77. The highest BCUT2D eigenvalue weighted by Gasteiger charge is 2.20. The highest BCUT2D eigenvalue weighted by atomic mass is 35.5. The first-order valence-electron chi connectivity index (χ1n) is 9.14. The van der Waals surface area contributed by atoms with Gasteiger partial charge in [0.2, 0.25) is 0 Å². The van der Waals surface area contributed by atoms with Crippen molar-refractivity contribution in [2.45, 2.75) is 25.9 Å². The topological polar surface area (TPSA) is 53.3 Å². The highest BCUT2D eigenvalue weighted by Crippen LogP contribution is 2.23. The van der Waals surface area contributed by atoms with E-state index in [9.17, 15) is 10.1 Å². The van der Waals surface area contributed by atoms with Crippen molar-refractivity contribution in [3.05, 3.63) is 69.2 Å². The maximum Gasteiger partial charge on any atom is 0.264 e. The molecule has 1 heterocycles. The predicted octanol–water partition coefficient (Wildman–Crippen LogP) is 5.49. The van der Waals surface area contributed by atoms with Gasteiger partial charge in [-0.25, -0.2) is 0 Å². The summed E-state index contributed by atoms with van der Waals surface area (Å²) in [5, 5.41) is 10.5. The molecular weight excluding hydrogens is 395 g/mol. The average molecular weight is 415 g/mol. The average Bonchev–Trinajstić information content (AvgIpc) is 2.72. The van der Waals surface area contributed by atoms with Gasteiger partial charge in [0.1, 0.15) is 24.0 Å². The van der Waals surface area contributed by atoms with Gasteiger partial charge in [-0.2, -0.15) is 5.26 Å². The quantitative estimate of drug-likeness (QED) is 0.479. The first-order chi connectivity index (χ1) is 13.6. The molecular formula is C22H20Cl2N2O2. The molecule has 0 radical (unpaired) electrons. The molecule has 0 aromatic heterocycles. The minimum absolute atomic E-state index is 0.156. The molecule has 0 saturated carbocycles. The van der Waals surface area contributed by atoms with Crippen molar-refractivity contribution in [1.82, 2.24) is 4.90 Å². The third-order valence-electron chi connectivity index (χ3n) is 4.59. The molecule has 28 heavy (non-hydrogen) atoms. The van der Waals surface area contributed by atoms with Crippen LogP contribution in [0.1, 0.15) is 30.4 Å². The SMILES string of the molecule is N#C/C(=C\c1ccc(OCc2ccc(Cl)cc2Cl)cc1)C(=O)N1CCCCC1. The van der Waals surface area contributed by atoms with Crippen LogP contribution < -0.4 is 4.74 Å². The number of halogens is 2. The Labute approximate surface area is 174 Å². The normalized spacial score (nSPS) is 14.5. The molecule has 1 aliphatic heterocycles. The summed E-state index contributed by atoms with van der Waals surface area (Å²) in [7, 11) is 0. The molecule has 1 aliphatic rings. The number of nitriles is 1. The first kappa shape index (κ1) is 20.3. The molecule has 1 saturated heterocycles. The molecule has 2 aromatic rings. The Morgan fingerprint density at radius 3 is 2.46 bits per heavy atom. The van der Waals surface area contributed by atoms with Gasteiger partial charge in [-0.15, -0.1) is 0 Å². The van der Waals surface area contributed by atoms with Gasteiger partial charge >= 0.3 is 0 Å². The van der Waals surface area contributed by atoms with Gasteiger partial charge in [-0.1, -0.05) is 41.4 Å². The summed E-state index contributed by atoms with van der Waals surface area (Å²) in [6.07, 6.45) is 4.75. The van der Waals surface area contributed by atoms with E-state index < -0.39 is 0 Å². The number of ether oxygens (including phenoxy) is 1. The van der Waals surface area contributed by atoms with E-state index in [1.54, 1.807) is 35.2 Å². The molecule has 0 aliphatic carbocycles. The number of carbonyl (C=O) groups excluding carboxylic acids is 1. The van der Waals surface area contributed by atoms with Crippen LogP contribution >= 0.6 is 23.2 Å². The number of hydrogen-bond acceptors (Lipinski definition) is 3. The Hall–Kier alpha value is -2.48. The number of rotatable bonds is 5. The summed E-state index contributed by atoms with van der Waals surface area (Å²) in [5.74, 6) is 0.476. The zero-order valence-corrected chi connectivity index (χ0v) is 16.8. The number of likely N-dealkylation sites (tertiary alicyclic amines) is 1. The largest absolute Gasteiger partial charge is 0.489 e. The maximum absolute atomic E-state index is 12.5. The summed E-state index contributed by atoms with van der Waals surface area (Å²) in [6, 6.07) is 14.5. The van der Waals surface area contributed by atoms with E-state index in [4.69, 9.17) is 27.9 Å². The van der Waals surface area contributed by atoms with E-state index in [0.717, 1.165) is 43.5 Å². The zero-order valence-electron chi connectivity index (χ0n) is 15.3. The van der Waals surface area contributed by atoms with Crippen LogP contribution in [0, 0.1) is 11.3 Å². The van der Waals surface area contributed by atoms with Crippen LogP contribution in [0.5, 0.6) is 5.75 Å². The lowest BCUT2D eigenvalue weighted by molar-refractivity contribution is -0.127. The van der Waals surface area contributed by atoms with Crippen LogP contribution in [0.3, 0.4) is 0 Å². The monoisotopic (exact) mass is 414 g/mol. The van der Waals surface area contributed by atoms with Crippen LogP contribution in [-0.4, -0.2) is 23.9 Å². The van der Waals surface area contributed by atoms with Gasteiger partial charge in [-0.05, 0) is 55.2 Å². The van der Waals surface area contributed by atoms with Crippen LogP contribution in [-0.2, 0) is 11.4 Å². The van der Waals surface area contributed by atoms with Gasteiger partial charge in [0, 0.05) is 28.7 Å². The molecule has 0 unspecified atom stereocenters. The van der Waals surface area contributed by atoms with E-state index in [-0.39, 0.29) is 11.5 Å². The molecule has 0 N–H and O–H groups in total. The Balaban J connectivity index is 1.64. The van der Waals surface area contributed by atoms with Crippen molar-refractivity contribution in [2.75, 3.05) is 13.1 Å². The van der Waals surface area contributed by atoms with Crippen LogP contribution in [0.2, 0.25) is 10.0 Å². The molecule has 6 heteroatoms. The van der Waals surface area contributed by atoms with E-state index in [1.165, 1.54) is 0 Å². The van der Waals surface area contributed by atoms with Crippen LogP contribution in [0.25, 0.3) is 6.08 Å². The molecule has 0 spiro atoms. The van der Waals surface area contributed by atoms with Crippen LogP contribution in [0.4, 0.5) is 0 Å². The smallest absolute Gasteiger partial charge is 0.264 e. The third-order valence-corrected chi connectivity index (χ3v) is 5.18. The highest BCUT2D eigenvalue weighted by molar-refractivity contribution is 6.35. The summed E-state index contributed by atoms with van der Waals surface area (Å²) in [6.45, 7) is 1.76. The predicted molar refractivity (Wildman–Crippen MR) is 111 cm³/mol. The van der Waals surface area contributed by atoms with Crippen molar-refractivity contribution < 1.29 is 9.53 Å². The van der Waals surface area contributed by atoms with Gasteiger partial charge < -0.3 is 9.64 Å². The number of benzene rings is 2. The number of hydrogen-bond donors (Lipinski definition) is 0. The summed E-state index contributed by atoms with van der Waals surface area (Å²) < 4.78 is 5.75. The number of piperidine rings is 1. The maximum atomic E-state index is 12.5. The molecule has 0 bridgehead atoms. The summed E-state index contributed by atoms with van der Waals surface area (Å²) >= 11 is 12.0. The first-order valence-corrected chi connectivity index (χ1v) is 9.90. The van der Waals surface area contributed by atoms with Gasteiger partial charge in [0.05, 0.1) is 0 Å². The minimum atomic E-state index is -0.195. The van der Waals surface area contributed by atoms with E-state index in [0.29, 0.717) is 22.4 Å². The fraction of sp³-hybridized carbons (Fsp3) is 0.273. The number of nitrogens with zero attached hydrogens (tertiary/aromatic N) is 2. The summed E-state index contributed by atoms with van der Waals surface area (Å²) in [4.78, 5) is 14.3. The van der Waals surface area contributed by atoms with Crippen LogP contribution in [0.15, 0.2) is 48.0 Å². The Morgan fingerprint density at radius 2 is 1.82 bits per heavy atom. The molecule has 1 fully saturated rings. The van der Waals surface area contributed by atoms with Crippen molar-refractivity contribution in [3.8, 4) is 11.8 Å². The lowest BCUT2D eigenvalue weighted by Crippen LogP contribution is -2.36. The van der Waals surface area contributed by atoms with Crippen molar-refractivity contribution in [1.29, 1.82) is 5.26 Å². The fourth-order valence-electron chi connectivity index (χ4n) is 3.04. The van der Waals surface area contributed by atoms with E-state index in [2.05, 4.69) is 0 Å². The second-order valence-electron chi connectivity index (χ2n) is 6.62.